The van der Waals surface area contributed by atoms with Crippen molar-refractivity contribution in [3.8, 4) is 0 Å². The first-order valence-electron chi connectivity index (χ1n) is 5.40. The monoisotopic (exact) mass is 300 g/mol. The number of anilines is 2. The second-order valence-electron chi connectivity index (χ2n) is 3.91. The molecule has 104 valence electrons. The largest absolute Gasteiger partial charge is 0.389 e. The van der Waals surface area contributed by atoms with Crippen molar-refractivity contribution in [2.75, 3.05) is 5.32 Å². The Hall–Kier alpha value is -2.15. The van der Waals surface area contributed by atoms with Crippen LogP contribution in [-0.2, 0) is 0 Å². The molecule has 7 heteroatoms. The average Bonchev–Trinajstić information content (AvgIpc) is 2.42. The summed E-state index contributed by atoms with van der Waals surface area (Å²) in [6.45, 7) is 0. The zero-order valence-electron chi connectivity index (χ0n) is 9.88. The van der Waals surface area contributed by atoms with E-state index in [1.165, 1.54) is 24.3 Å². The molecule has 0 saturated heterocycles. The van der Waals surface area contributed by atoms with Crippen LogP contribution in [0, 0.1) is 23.3 Å². The van der Waals surface area contributed by atoms with Crippen LogP contribution >= 0.6 is 12.2 Å². The van der Waals surface area contributed by atoms with Gasteiger partial charge in [0.2, 0.25) is 0 Å². The third-order valence-electron chi connectivity index (χ3n) is 2.55. The molecular formula is C13H8F4N2S. The molecule has 0 saturated carbocycles. The van der Waals surface area contributed by atoms with Crippen LogP contribution in [0.1, 0.15) is 5.56 Å². The smallest absolute Gasteiger partial charge is 0.185 e. The summed E-state index contributed by atoms with van der Waals surface area (Å²) >= 11 is 4.75. The predicted octanol–water partition coefficient (Wildman–Crippen LogP) is 3.62. The van der Waals surface area contributed by atoms with Crippen molar-refractivity contribution in [3.05, 3.63) is 59.2 Å². The summed E-state index contributed by atoms with van der Waals surface area (Å²) in [6.07, 6.45) is 0. The highest BCUT2D eigenvalue weighted by atomic mass is 32.1. The molecule has 0 radical (unpaired) electrons. The van der Waals surface area contributed by atoms with Gasteiger partial charge < -0.3 is 11.1 Å². The van der Waals surface area contributed by atoms with Crippen LogP contribution in [0.4, 0.5) is 28.9 Å². The molecule has 2 rings (SSSR count). The molecule has 0 atom stereocenters. The Morgan fingerprint density at radius 1 is 0.950 bits per heavy atom. The van der Waals surface area contributed by atoms with Crippen molar-refractivity contribution in [1.29, 1.82) is 0 Å². The zero-order chi connectivity index (χ0) is 14.9. The molecule has 2 aromatic carbocycles. The predicted molar refractivity (Wildman–Crippen MR) is 71.9 cm³/mol. The van der Waals surface area contributed by atoms with E-state index in [9.17, 15) is 17.6 Å². The van der Waals surface area contributed by atoms with Gasteiger partial charge in [-0.2, -0.15) is 0 Å². The van der Waals surface area contributed by atoms with Gasteiger partial charge in [0, 0.05) is 17.3 Å². The van der Waals surface area contributed by atoms with Crippen molar-refractivity contribution in [2.24, 2.45) is 5.73 Å². The maximum atomic E-state index is 13.5. The summed E-state index contributed by atoms with van der Waals surface area (Å²) in [4.78, 5) is 0.158. The minimum atomic E-state index is -1.50. The summed E-state index contributed by atoms with van der Waals surface area (Å²) in [5, 5.41) is 2.27. The van der Waals surface area contributed by atoms with Crippen LogP contribution in [0.2, 0.25) is 0 Å². The van der Waals surface area contributed by atoms with Crippen molar-refractivity contribution in [1.82, 2.24) is 0 Å². The Kier molecular flexibility index (Phi) is 3.89. The summed E-state index contributed by atoms with van der Waals surface area (Å²) in [5.74, 6) is -5.96. The van der Waals surface area contributed by atoms with E-state index in [-0.39, 0.29) is 16.7 Å². The van der Waals surface area contributed by atoms with Gasteiger partial charge in [0.15, 0.2) is 23.3 Å². The number of halogens is 4. The maximum Gasteiger partial charge on any atom is 0.185 e. The van der Waals surface area contributed by atoms with Gasteiger partial charge in [-0.3, -0.25) is 0 Å². The lowest BCUT2D eigenvalue weighted by Crippen LogP contribution is -2.09. The topological polar surface area (TPSA) is 38.0 Å². The third kappa shape index (κ3) is 2.72. The van der Waals surface area contributed by atoms with E-state index in [1.54, 1.807) is 0 Å². The number of thiocarbonyl (C=S) groups is 1. The molecule has 0 spiro atoms. The molecule has 2 aromatic rings. The van der Waals surface area contributed by atoms with Gasteiger partial charge in [-0.25, -0.2) is 17.6 Å². The first-order chi connectivity index (χ1) is 9.40. The maximum absolute atomic E-state index is 13.5. The normalized spacial score (nSPS) is 10.4. The molecule has 0 amide bonds. The second kappa shape index (κ2) is 5.46. The van der Waals surface area contributed by atoms with E-state index >= 15 is 0 Å². The van der Waals surface area contributed by atoms with Crippen LogP contribution in [-0.4, -0.2) is 4.99 Å². The minimum Gasteiger partial charge on any atom is -0.389 e. The van der Waals surface area contributed by atoms with Gasteiger partial charge in [0.1, 0.15) is 10.7 Å². The summed E-state index contributed by atoms with van der Waals surface area (Å²) in [6, 6.07) is 6.02. The summed E-state index contributed by atoms with van der Waals surface area (Å²) in [5.41, 5.74) is 5.28. The second-order valence-corrected chi connectivity index (χ2v) is 4.35. The molecule has 2 nitrogen and oxygen atoms in total. The molecule has 0 bridgehead atoms. The molecular weight excluding hydrogens is 292 g/mol. The highest BCUT2D eigenvalue weighted by Crippen LogP contribution is 2.27. The lowest BCUT2D eigenvalue weighted by Gasteiger charge is -2.10. The first-order valence-corrected chi connectivity index (χ1v) is 5.81. The lowest BCUT2D eigenvalue weighted by atomic mass is 10.2. The fourth-order valence-electron chi connectivity index (χ4n) is 1.55. The molecule has 0 heterocycles. The van der Waals surface area contributed by atoms with Crippen molar-refractivity contribution >= 4 is 28.6 Å². The summed E-state index contributed by atoms with van der Waals surface area (Å²) in [7, 11) is 0. The Bertz CT molecular complexity index is 645. The standard InChI is InChI=1S/C13H8F4N2S/c14-8-5-9(15)11(17)12(10(8)16)19-7-3-1-6(2-4-7)13(18)20/h1-5,19H,(H2,18,20). The van der Waals surface area contributed by atoms with E-state index < -0.39 is 29.0 Å². The highest BCUT2D eigenvalue weighted by Gasteiger charge is 2.19. The number of benzene rings is 2. The molecule has 3 N–H and O–H groups in total. The van der Waals surface area contributed by atoms with Crippen molar-refractivity contribution in [3.63, 3.8) is 0 Å². The number of rotatable bonds is 3. The number of hydrogen-bond acceptors (Lipinski definition) is 2. The summed E-state index contributed by atoms with van der Waals surface area (Å²) < 4.78 is 53.0. The van der Waals surface area contributed by atoms with Crippen LogP contribution < -0.4 is 11.1 Å². The SMILES string of the molecule is NC(=S)c1ccc(Nc2c(F)c(F)cc(F)c2F)cc1. The fourth-order valence-corrected chi connectivity index (χ4v) is 1.68. The first kappa shape index (κ1) is 14.3. The highest BCUT2D eigenvalue weighted by molar-refractivity contribution is 7.80. The number of hydrogen-bond donors (Lipinski definition) is 2. The number of nitrogens with one attached hydrogen (secondary N) is 1. The third-order valence-corrected chi connectivity index (χ3v) is 2.79. The van der Waals surface area contributed by atoms with Gasteiger partial charge in [-0.1, -0.05) is 12.2 Å². The Morgan fingerprint density at radius 2 is 1.45 bits per heavy atom. The van der Waals surface area contributed by atoms with Crippen molar-refractivity contribution < 1.29 is 17.6 Å². The van der Waals surface area contributed by atoms with Crippen molar-refractivity contribution in [2.45, 2.75) is 0 Å². The van der Waals surface area contributed by atoms with Crippen LogP contribution in [0.3, 0.4) is 0 Å². The molecule has 0 fully saturated rings. The van der Waals surface area contributed by atoms with E-state index in [2.05, 4.69) is 5.32 Å². The fraction of sp³-hybridized carbons (Fsp3) is 0. The Morgan fingerprint density at radius 3 is 1.90 bits per heavy atom. The van der Waals surface area contributed by atoms with Crippen LogP contribution in [0.5, 0.6) is 0 Å². The Labute approximate surface area is 117 Å². The molecule has 0 aliphatic carbocycles. The van der Waals surface area contributed by atoms with Gasteiger partial charge in [-0.15, -0.1) is 0 Å². The van der Waals surface area contributed by atoms with E-state index in [4.69, 9.17) is 18.0 Å². The molecule has 0 aliphatic rings. The molecule has 0 aliphatic heterocycles. The minimum absolute atomic E-state index is 0.145. The van der Waals surface area contributed by atoms with E-state index in [0.717, 1.165) is 0 Å². The van der Waals surface area contributed by atoms with Crippen LogP contribution in [0.15, 0.2) is 30.3 Å². The van der Waals surface area contributed by atoms with Crippen LogP contribution in [0.25, 0.3) is 0 Å². The van der Waals surface area contributed by atoms with Gasteiger partial charge in [0.05, 0.1) is 0 Å². The Balaban J connectivity index is 2.37. The quantitative estimate of drug-likeness (QED) is 0.516. The molecule has 0 unspecified atom stereocenters. The van der Waals surface area contributed by atoms with Gasteiger partial charge >= 0.3 is 0 Å². The zero-order valence-corrected chi connectivity index (χ0v) is 10.7. The molecule has 0 aromatic heterocycles. The van der Waals surface area contributed by atoms with Gasteiger partial charge in [-0.05, 0) is 24.3 Å². The van der Waals surface area contributed by atoms with Gasteiger partial charge in [0.25, 0.3) is 0 Å². The number of nitrogens with two attached hydrogens (primary N) is 1. The molecule has 20 heavy (non-hydrogen) atoms. The lowest BCUT2D eigenvalue weighted by molar-refractivity contribution is 0.459. The van der Waals surface area contributed by atoms with E-state index in [1.807, 2.05) is 0 Å². The average molecular weight is 300 g/mol. The van der Waals surface area contributed by atoms with E-state index in [0.29, 0.717) is 5.56 Å².